The summed E-state index contributed by atoms with van der Waals surface area (Å²) in [5, 5.41) is 3.37. The lowest BCUT2D eigenvalue weighted by molar-refractivity contribution is 0.430. The van der Waals surface area contributed by atoms with Crippen molar-refractivity contribution >= 4 is 5.69 Å². The number of anilines is 1. The minimum Gasteiger partial charge on any atom is -0.468 e. The maximum absolute atomic E-state index is 5.86. The molecule has 0 bridgehead atoms. The highest BCUT2D eigenvalue weighted by Gasteiger charge is 2.07. The molecule has 0 saturated heterocycles. The first-order valence-corrected chi connectivity index (χ1v) is 5.37. The van der Waals surface area contributed by atoms with Gasteiger partial charge >= 0.3 is 0 Å². The molecular formula is C13H16N2O. The summed E-state index contributed by atoms with van der Waals surface area (Å²) < 4.78 is 5.32. The summed E-state index contributed by atoms with van der Waals surface area (Å²) in [6, 6.07) is 11.9. The molecule has 84 valence electrons. The van der Waals surface area contributed by atoms with Crippen molar-refractivity contribution in [1.82, 2.24) is 5.32 Å². The van der Waals surface area contributed by atoms with Gasteiger partial charge in [-0.15, -0.1) is 0 Å². The number of para-hydroxylation sites is 1. The zero-order valence-electron chi connectivity index (χ0n) is 9.31. The van der Waals surface area contributed by atoms with Crippen molar-refractivity contribution in [3.05, 3.63) is 54.0 Å². The van der Waals surface area contributed by atoms with Gasteiger partial charge in [0.2, 0.25) is 0 Å². The summed E-state index contributed by atoms with van der Waals surface area (Å²) in [7, 11) is 0. The molecular weight excluding hydrogens is 200 g/mol. The van der Waals surface area contributed by atoms with Crippen LogP contribution in [-0.2, 0) is 6.54 Å². The average Bonchev–Trinajstić information content (AvgIpc) is 2.81. The molecule has 1 unspecified atom stereocenters. The Balaban J connectivity index is 1.95. The van der Waals surface area contributed by atoms with E-state index in [2.05, 4.69) is 12.2 Å². The third kappa shape index (κ3) is 2.44. The van der Waals surface area contributed by atoms with Crippen molar-refractivity contribution in [2.45, 2.75) is 19.5 Å². The second-order valence-electron chi connectivity index (χ2n) is 3.82. The van der Waals surface area contributed by atoms with Gasteiger partial charge in [0, 0.05) is 12.2 Å². The Kier molecular flexibility index (Phi) is 3.27. The summed E-state index contributed by atoms with van der Waals surface area (Å²) in [5.74, 6) is 0.939. The van der Waals surface area contributed by atoms with Crippen molar-refractivity contribution in [1.29, 1.82) is 0 Å². The highest BCUT2D eigenvalue weighted by Crippen LogP contribution is 2.15. The Morgan fingerprint density at radius 1 is 1.25 bits per heavy atom. The first-order valence-electron chi connectivity index (χ1n) is 5.37. The monoisotopic (exact) mass is 216 g/mol. The maximum Gasteiger partial charge on any atom is 0.120 e. The molecule has 0 fully saturated rings. The van der Waals surface area contributed by atoms with Crippen LogP contribution in [0, 0.1) is 0 Å². The summed E-state index contributed by atoms with van der Waals surface area (Å²) >= 11 is 0. The van der Waals surface area contributed by atoms with Crippen LogP contribution in [0.4, 0.5) is 5.69 Å². The number of nitrogens with one attached hydrogen (secondary N) is 1. The lowest BCUT2D eigenvalue weighted by atomic mass is 10.1. The molecule has 3 N–H and O–H groups in total. The van der Waals surface area contributed by atoms with Crippen molar-refractivity contribution in [3.63, 3.8) is 0 Å². The number of hydrogen-bond donors (Lipinski definition) is 2. The fourth-order valence-electron chi connectivity index (χ4n) is 1.60. The Hall–Kier alpha value is -1.74. The Morgan fingerprint density at radius 2 is 2.06 bits per heavy atom. The number of benzene rings is 1. The van der Waals surface area contributed by atoms with E-state index in [1.165, 1.54) is 0 Å². The smallest absolute Gasteiger partial charge is 0.120 e. The molecule has 2 aromatic rings. The zero-order chi connectivity index (χ0) is 11.4. The van der Waals surface area contributed by atoms with E-state index in [0.717, 1.165) is 23.6 Å². The van der Waals surface area contributed by atoms with Crippen LogP contribution in [0.3, 0.4) is 0 Å². The molecule has 1 aromatic heterocycles. The number of nitrogens with two attached hydrogens (primary N) is 1. The largest absolute Gasteiger partial charge is 0.468 e. The van der Waals surface area contributed by atoms with E-state index in [-0.39, 0.29) is 6.04 Å². The molecule has 0 radical (unpaired) electrons. The van der Waals surface area contributed by atoms with Crippen LogP contribution < -0.4 is 11.1 Å². The molecule has 3 nitrogen and oxygen atoms in total. The van der Waals surface area contributed by atoms with Crippen LogP contribution in [-0.4, -0.2) is 0 Å². The molecule has 0 amide bonds. The SMILES string of the molecule is CC(NCc1ccccc1N)c1ccco1. The highest BCUT2D eigenvalue weighted by molar-refractivity contribution is 5.46. The lowest BCUT2D eigenvalue weighted by Crippen LogP contribution is -2.18. The van der Waals surface area contributed by atoms with Gasteiger partial charge in [0.1, 0.15) is 5.76 Å². The van der Waals surface area contributed by atoms with Crippen LogP contribution >= 0.6 is 0 Å². The van der Waals surface area contributed by atoms with Gasteiger partial charge in [-0.25, -0.2) is 0 Å². The van der Waals surface area contributed by atoms with Gasteiger partial charge in [-0.05, 0) is 30.7 Å². The predicted molar refractivity (Wildman–Crippen MR) is 64.8 cm³/mol. The Bertz CT molecular complexity index is 437. The molecule has 16 heavy (non-hydrogen) atoms. The predicted octanol–water partition coefficient (Wildman–Crippen LogP) is 2.71. The highest BCUT2D eigenvalue weighted by atomic mass is 16.3. The number of nitrogen functional groups attached to an aromatic ring is 1. The van der Waals surface area contributed by atoms with Crippen LogP contribution in [0.15, 0.2) is 47.1 Å². The third-order valence-electron chi connectivity index (χ3n) is 2.62. The van der Waals surface area contributed by atoms with Gasteiger partial charge in [0.05, 0.1) is 12.3 Å². The van der Waals surface area contributed by atoms with Crippen LogP contribution in [0.5, 0.6) is 0 Å². The molecule has 1 heterocycles. The zero-order valence-corrected chi connectivity index (χ0v) is 9.31. The van der Waals surface area contributed by atoms with E-state index in [1.54, 1.807) is 6.26 Å². The quantitative estimate of drug-likeness (QED) is 0.772. The molecule has 0 saturated carbocycles. The van der Waals surface area contributed by atoms with E-state index in [4.69, 9.17) is 10.2 Å². The van der Waals surface area contributed by atoms with Crippen molar-refractivity contribution in [2.24, 2.45) is 0 Å². The summed E-state index contributed by atoms with van der Waals surface area (Å²) in [6.45, 7) is 2.81. The van der Waals surface area contributed by atoms with Gasteiger partial charge in [0.15, 0.2) is 0 Å². The molecule has 3 heteroatoms. The summed E-state index contributed by atoms with van der Waals surface area (Å²) in [5.41, 5.74) is 7.79. The fraction of sp³-hybridized carbons (Fsp3) is 0.231. The van der Waals surface area contributed by atoms with Crippen LogP contribution in [0.2, 0.25) is 0 Å². The fourth-order valence-corrected chi connectivity index (χ4v) is 1.60. The van der Waals surface area contributed by atoms with Gasteiger partial charge in [-0.1, -0.05) is 18.2 Å². The maximum atomic E-state index is 5.86. The average molecular weight is 216 g/mol. The lowest BCUT2D eigenvalue weighted by Gasteiger charge is -2.12. The first kappa shape index (κ1) is 10.8. The molecule has 1 atom stereocenters. The second-order valence-corrected chi connectivity index (χ2v) is 3.82. The minimum absolute atomic E-state index is 0.189. The van der Waals surface area contributed by atoms with Gasteiger partial charge in [0.25, 0.3) is 0 Å². The van der Waals surface area contributed by atoms with Crippen LogP contribution in [0.25, 0.3) is 0 Å². The summed E-state index contributed by atoms with van der Waals surface area (Å²) in [6.07, 6.45) is 1.68. The molecule has 0 aliphatic heterocycles. The van der Waals surface area contributed by atoms with Crippen LogP contribution in [0.1, 0.15) is 24.3 Å². The van der Waals surface area contributed by atoms with E-state index in [0.29, 0.717) is 0 Å². The molecule has 0 aliphatic rings. The van der Waals surface area contributed by atoms with Crippen molar-refractivity contribution in [2.75, 3.05) is 5.73 Å². The van der Waals surface area contributed by atoms with Gasteiger partial charge in [-0.2, -0.15) is 0 Å². The Morgan fingerprint density at radius 3 is 2.75 bits per heavy atom. The standard InChI is InChI=1S/C13H16N2O/c1-10(13-7-4-8-16-13)15-9-11-5-2-3-6-12(11)14/h2-8,10,15H,9,14H2,1H3. The number of rotatable bonds is 4. The number of furan rings is 1. The number of hydrogen-bond acceptors (Lipinski definition) is 3. The molecule has 2 rings (SSSR count). The van der Waals surface area contributed by atoms with Gasteiger partial charge < -0.3 is 15.5 Å². The van der Waals surface area contributed by atoms with E-state index in [1.807, 2.05) is 36.4 Å². The molecule has 0 aliphatic carbocycles. The van der Waals surface area contributed by atoms with E-state index < -0.39 is 0 Å². The third-order valence-corrected chi connectivity index (χ3v) is 2.62. The van der Waals surface area contributed by atoms with E-state index in [9.17, 15) is 0 Å². The van der Waals surface area contributed by atoms with E-state index >= 15 is 0 Å². The van der Waals surface area contributed by atoms with Gasteiger partial charge in [-0.3, -0.25) is 0 Å². The molecule has 0 spiro atoms. The normalized spacial score (nSPS) is 12.6. The van der Waals surface area contributed by atoms with Crippen molar-refractivity contribution < 1.29 is 4.42 Å². The minimum atomic E-state index is 0.189. The second kappa shape index (κ2) is 4.86. The van der Waals surface area contributed by atoms with Crippen molar-refractivity contribution in [3.8, 4) is 0 Å². The topological polar surface area (TPSA) is 51.2 Å². The first-order chi connectivity index (χ1) is 7.77. The summed E-state index contributed by atoms with van der Waals surface area (Å²) in [4.78, 5) is 0. The Labute approximate surface area is 95.3 Å². The molecule has 1 aromatic carbocycles.